The fraction of sp³-hybridized carbons (Fsp3) is 0.385. The summed E-state index contributed by atoms with van der Waals surface area (Å²) < 4.78 is 5.23. The molecule has 0 bridgehead atoms. The number of nitrogens with zero attached hydrogens (tertiary/aromatic N) is 2. The lowest BCUT2D eigenvalue weighted by Crippen LogP contribution is -2.32. The Balaban J connectivity index is 2.06. The first-order valence-corrected chi connectivity index (χ1v) is 6.41. The van der Waals surface area contributed by atoms with E-state index in [0.717, 1.165) is 25.0 Å². The largest absolute Gasteiger partial charge is 0.484 e. The fourth-order valence-electron chi connectivity index (χ4n) is 2.14. The molecule has 1 heterocycles. The first kappa shape index (κ1) is 14.8. The number of hydrogen-bond donors (Lipinski definition) is 1. The molecular formula is C13H14N2O6. The van der Waals surface area contributed by atoms with Gasteiger partial charge in [-0.25, -0.2) is 4.79 Å². The summed E-state index contributed by atoms with van der Waals surface area (Å²) in [5, 5.41) is 19.7. The van der Waals surface area contributed by atoms with E-state index in [0.29, 0.717) is 13.1 Å². The van der Waals surface area contributed by atoms with Crippen LogP contribution in [0.4, 0.5) is 5.69 Å². The molecule has 0 saturated carbocycles. The average Bonchev–Trinajstić information content (AvgIpc) is 2.98. The molecule has 0 spiro atoms. The summed E-state index contributed by atoms with van der Waals surface area (Å²) in [6.07, 6.45) is 1.93. The lowest BCUT2D eigenvalue weighted by Gasteiger charge is -2.15. The van der Waals surface area contributed by atoms with Gasteiger partial charge < -0.3 is 14.7 Å². The van der Waals surface area contributed by atoms with Gasteiger partial charge in [0, 0.05) is 25.2 Å². The number of hydrogen-bond acceptors (Lipinski definition) is 5. The molecule has 8 heteroatoms. The third-order valence-electron chi connectivity index (χ3n) is 3.22. The van der Waals surface area contributed by atoms with Gasteiger partial charge in [0.25, 0.3) is 11.6 Å². The van der Waals surface area contributed by atoms with E-state index in [2.05, 4.69) is 0 Å². The van der Waals surface area contributed by atoms with E-state index in [1.54, 1.807) is 4.90 Å². The second-order valence-corrected chi connectivity index (χ2v) is 4.62. The van der Waals surface area contributed by atoms with Crippen molar-refractivity contribution in [2.75, 3.05) is 19.7 Å². The van der Waals surface area contributed by atoms with Crippen molar-refractivity contribution in [2.45, 2.75) is 12.8 Å². The van der Waals surface area contributed by atoms with Crippen molar-refractivity contribution in [2.24, 2.45) is 0 Å². The zero-order chi connectivity index (χ0) is 15.4. The molecule has 1 aliphatic heterocycles. The smallest absolute Gasteiger partial charge is 0.342 e. The molecule has 1 aliphatic rings. The molecule has 1 aromatic rings. The van der Waals surface area contributed by atoms with Crippen LogP contribution in [0.25, 0.3) is 0 Å². The number of carbonyl (C=O) groups excluding carboxylic acids is 1. The lowest BCUT2D eigenvalue weighted by atomic mass is 10.1. The number of likely N-dealkylation sites (tertiary alicyclic amines) is 1. The van der Waals surface area contributed by atoms with Crippen molar-refractivity contribution in [3.05, 3.63) is 33.9 Å². The van der Waals surface area contributed by atoms with Crippen LogP contribution in [0.5, 0.6) is 5.75 Å². The number of nitro groups is 1. The third-order valence-corrected chi connectivity index (χ3v) is 3.22. The number of amides is 1. The van der Waals surface area contributed by atoms with Gasteiger partial charge in [-0.15, -0.1) is 0 Å². The summed E-state index contributed by atoms with van der Waals surface area (Å²) in [4.78, 5) is 34.4. The van der Waals surface area contributed by atoms with Crippen LogP contribution in [0, 0.1) is 10.1 Å². The Morgan fingerprint density at radius 1 is 1.33 bits per heavy atom. The number of nitro benzene ring substituents is 1. The molecule has 0 unspecified atom stereocenters. The van der Waals surface area contributed by atoms with Crippen molar-refractivity contribution in [1.82, 2.24) is 4.90 Å². The molecule has 21 heavy (non-hydrogen) atoms. The van der Waals surface area contributed by atoms with Crippen LogP contribution in [0.2, 0.25) is 0 Å². The molecule has 0 aromatic heterocycles. The van der Waals surface area contributed by atoms with Crippen molar-refractivity contribution in [1.29, 1.82) is 0 Å². The molecule has 8 nitrogen and oxygen atoms in total. The maximum atomic E-state index is 11.8. The van der Waals surface area contributed by atoms with Crippen molar-refractivity contribution >= 4 is 17.6 Å². The number of ether oxygens (including phenoxy) is 1. The highest BCUT2D eigenvalue weighted by Gasteiger charge is 2.22. The summed E-state index contributed by atoms with van der Waals surface area (Å²) in [6, 6.07) is 3.39. The maximum Gasteiger partial charge on any atom is 0.342 e. The summed E-state index contributed by atoms with van der Waals surface area (Å²) in [5.74, 6) is -1.48. The van der Waals surface area contributed by atoms with Gasteiger partial charge in [0.05, 0.1) is 4.92 Å². The molecule has 0 aliphatic carbocycles. The molecule has 1 N–H and O–H groups in total. The normalized spacial score (nSPS) is 14.0. The van der Waals surface area contributed by atoms with Crippen LogP contribution >= 0.6 is 0 Å². The molecule has 1 aromatic carbocycles. The van der Waals surface area contributed by atoms with Gasteiger partial charge in [-0.1, -0.05) is 0 Å². The van der Waals surface area contributed by atoms with E-state index in [-0.39, 0.29) is 18.3 Å². The number of carbonyl (C=O) groups is 2. The molecule has 0 radical (unpaired) electrons. The van der Waals surface area contributed by atoms with E-state index >= 15 is 0 Å². The van der Waals surface area contributed by atoms with Crippen LogP contribution in [0.15, 0.2) is 18.2 Å². The number of carboxylic acid groups (broad SMARTS) is 1. The highest BCUT2D eigenvalue weighted by Crippen LogP contribution is 2.24. The highest BCUT2D eigenvalue weighted by atomic mass is 16.6. The van der Waals surface area contributed by atoms with Gasteiger partial charge in [0.1, 0.15) is 11.3 Å². The van der Waals surface area contributed by atoms with Gasteiger partial charge in [-0.3, -0.25) is 14.9 Å². The van der Waals surface area contributed by atoms with Crippen molar-refractivity contribution in [3.8, 4) is 5.75 Å². The zero-order valence-electron chi connectivity index (χ0n) is 11.2. The highest BCUT2D eigenvalue weighted by molar-refractivity contribution is 5.92. The summed E-state index contributed by atoms with van der Waals surface area (Å²) in [7, 11) is 0. The number of benzene rings is 1. The van der Waals surface area contributed by atoms with Gasteiger partial charge in [0.15, 0.2) is 6.61 Å². The topological polar surface area (TPSA) is 110 Å². The molecule has 112 valence electrons. The minimum Gasteiger partial charge on any atom is -0.484 e. The Bertz CT molecular complexity index is 580. The summed E-state index contributed by atoms with van der Waals surface area (Å²) in [5.41, 5.74) is -0.980. The van der Waals surface area contributed by atoms with E-state index in [1.807, 2.05) is 0 Å². The van der Waals surface area contributed by atoms with Crippen LogP contribution in [-0.4, -0.2) is 46.5 Å². The molecule has 0 atom stereocenters. The quantitative estimate of drug-likeness (QED) is 0.647. The Morgan fingerprint density at radius 2 is 2.00 bits per heavy atom. The molecule has 2 rings (SSSR count). The Hall–Kier alpha value is -2.64. The summed E-state index contributed by atoms with van der Waals surface area (Å²) in [6.45, 7) is 1.18. The van der Waals surface area contributed by atoms with E-state index in [4.69, 9.17) is 9.84 Å². The van der Waals surface area contributed by atoms with Gasteiger partial charge >= 0.3 is 5.97 Å². The Kier molecular flexibility index (Phi) is 4.36. The minimum atomic E-state index is -1.42. The van der Waals surface area contributed by atoms with Crippen LogP contribution in [0.1, 0.15) is 23.2 Å². The predicted octanol–water partition coefficient (Wildman–Crippen LogP) is 1.29. The average molecular weight is 294 g/mol. The van der Waals surface area contributed by atoms with E-state index in [1.165, 1.54) is 6.07 Å². The maximum absolute atomic E-state index is 11.8. The Morgan fingerprint density at radius 3 is 2.57 bits per heavy atom. The molecule has 1 fully saturated rings. The first-order valence-electron chi connectivity index (χ1n) is 6.41. The summed E-state index contributed by atoms with van der Waals surface area (Å²) >= 11 is 0. The second kappa shape index (κ2) is 6.21. The minimum absolute atomic E-state index is 0.116. The number of rotatable bonds is 5. The van der Waals surface area contributed by atoms with Gasteiger partial charge in [-0.05, 0) is 18.9 Å². The van der Waals surface area contributed by atoms with Gasteiger partial charge in [-0.2, -0.15) is 0 Å². The zero-order valence-corrected chi connectivity index (χ0v) is 11.2. The molecule has 1 amide bonds. The van der Waals surface area contributed by atoms with Crippen LogP contribution in [-0.2, 0) is 4.79 Å². The molecule has 1 saturated heterocycles. The number of aromatic carboxylic acids is 1. The van der Waals surface area contributed by atoms with Gasteiger partial charge in [0.2, 0.25) is 0 Å². The van der Waals surface area contributed by atoms with Crippen LogP contribution < -0.4 is 4.74 Å². The second-order valence-electron chi connectivity index (χ2n) is 4.62. The van der Waals surface area contributed by atoms with Crippen molar-refractivity contribution < 1.29 is 24.4 Å². The molecular weight excluding hydrogens is 280 g/mol. The van der Waals surface area contributed by atoms with E-state index < -0.39 is 22.1 Å². The van der Waals surface area contributed by atoms with Crippen LogP contribution in [0.3, 0.4) is 0 Å². The Labute approximate surface area is 120 Å². The fourth-order valence-corrected chi connectivity index (χ4v) is 2.14. The predicted molar refractivity (Wildman–Crippen MR) is 71.4 cm³/mol. The first-order chi connectivity index (χ1) is 9.99. The lowest BCUT2D eigenvalue weighted by molar-refractivity contribution is -0.385. The third kappa shape index (κ3) is 3.47. The SMILES string of the molecule is O=C(O)c1cc(OCC(=O)N2CCCC2)ccc1[N+](=O)[O-]. The van der Waals surface area contributed by atoms with Crippen molar-refractivity contribution in [3.63, 3.8) is 0 Å². The standard InChI is InChI=1S/C13H14N2O6/c16-12(14-5-1-2-6-14)8-21-9-3-4-11(15(19)20)10(7-9)13(17)18/h3-4,7H,1-2,5-6,8H2,(H,17,18). The number of carboxylic acids is 1. The monoisotopic (exact) mass is 294 g/mol. The van der Waals surface area contributed by atoms with E-state index in [9.17, 15) is 19.7 Å².